The maximum absolute atomic E-state index is 12.1. The van der Waals surface area contributed by atoms with Gasteiger partial charge in [-0.05, 0) is 31.2 Å². The molecule has 1 N–H and O–H groups in total. The Morgan fingerprint density at radius 3 is 2.48 bits per heavy atom. The fourth-order valence-corrected chi connectivity index (χ4v) is 2.75. The van der Waals surface area contributed by atoms with Gasteiger partial charge in [0.25, 0.3) is 0 Å². The van der Waals surface area contributed by atoms with Gasteiger partial charge >= 0.3 is 0 Å². The highest BCUT2D eigenvalue weighted by Gasteiger charge is 2.25. The fraction of sp³-hybridized carbons (Fsp3) is 0.529. The maximum atomic E-state index is 12.1. The molecule has 0 aromatic heterocycles. The standard InChI is InChI=1S/C17H24N2O2/c1-14(20)19-12-9-16(10-13-19)17(21)18-11-5-8-15-6-3-2-4-7-15/h2-4,6-7,16H,5,8-13H2,1H3,(H,18,21). The molecule has 2 amide bonds. The summed E-state index contributed by atoms with van der Waals surface area (Å²) >= 11 is 0. The van der Waals surface area contributed by atoms with Crippen molar-refractivity contribution >= 4 is 11.8 Å². The molecule has 4 nitrogen and oxygen atoms in total. The lowest BCUT2D eigenvalue weighted by molar-refractivity contribution is -0.133. The number of hydrogen-bond donors (Lipinski definition) is 1. The van der Waals surface area contributed by atoms with Gasteiger partial charge in [0, 0.05) is 32.5 Å². The summed E-state index contributed by atoms with van der Waals surface area (Å²) in [5.41, 5.74) is 1.31. The quantitative estimate of drug-likeness (QED) is 0.842. The van der Waals surface area contributed by atoms with E-state index in [1.54, 1.807) is 6.92 Å². The zero-order valence-corrected chi connectivity index (χ0v) is 12.7. The molecule has 0 bridgehead atoms. The van der Waals surface area contributed by atoms with Crippen LogP contribution in [-0.4, -0.2) is 36.3 Å². The van der Waals surface area contributed by atoms with Gasteiger partial charge in [-0.2, -0.15) is 0 Å². The van der Waals surface area contributed by atoms with Gasteiger partial charge in [-0.1, -0.05) is 30.3 Å². The number of piperidine rings is 1. The molecular weight excluding hydrogens is 264 g/mol. The molecule has 1 aliphatic rings. The first-order chi connectivity index (χ1) is 10.2. The molecule has 1 heterocycles. The average Bonchev–Trinajstić information content (AvgIpc) is 2.52. The van der Waals surface area contributed by atoms with E-state index < -0.39 is 0 Å². The van der Waals surface area contributed by atoms with E-state index in [0.29, 0.717) is 13.1 Å². The van der Waals surface area contributed by atoms with Gasteiger partial charge < -0.3 is 10.2 Å². The molecular formula is C17H24N2O2. The SMILES string of the molecule is CC(=O)N1CCC(C(=O)NCCCc2ccccc2)CC1. The minimum Gasteiger partial charge on any atom is -0.356 e. The van der Waals surface area contributed by atoms with Crippen LogP contribution in [0, 0.1) is 5.92 Å². The first kappa shape index (κ1) is 15.5. The van der Waals surface area contributed by atoms with Gasteiger partial charge in [0.1, 0.15) is 0 Å². The topological polar surface area (TPSA) is 49.4 Å². The largest absolute Gasteiger partial charge is 0.356 e. The third-order valence-electron chi connectivity index (χ3n) is 4.10. The minimum atomic E-state index is 0.0670. The Balaban J connectivity index is 1.63. The van der Waals surface area contributed by atoms with Crippen LogP contribution in [0.2, 0.25) is 0 Å². The van der Waals surface area contributed by atoms with Crippen LogP contribution in [0.25, 0.3) is 0 Å². The molecule has 0 saturated carbocycles. The van der Waals surface area contributed by atoms with E-state index in [4.69, 9.17) is 0 Å². The van der Waals surface area contributed by atoms with Crippen molar-refractivity contribution in [3.05, 3.63) is 35.9 Å². The van der Waals surface area contributed by atoms with E-state index in [9.17, 15) is 9.59 Å². The fourth-order valence-electron chi connectivity index (χ4n) is 2.75. The summed E-state index contributed by atoms with van der Waals surface area (Å²) in [6.07, 6.45) is 3.51. The van der Waals surface area contributed by atoms with Gasteiger partial charge in [-0.15, -0.1) is 0 Å². The smallest absolute Gasteiger partial charge is 0.223 e. The van der Waals surface area contributed by atoms with Crippen LogP contribution in [0.4, 0.5) is 0 Å². The molecule has 1 aliphatic heterocycles. The first-order valence-corrected chi connectivity index (χ1v) is 7.74. The second-order valence-electron chi connectivity index (χ2n) is 5.66. The van der Waals surface area contributed by atoms with Crippen molar-refractivity contribution in [2.75, 3.05) is 19.6 Å². The highest BCUT2D eigenvalue weighted by molar-refractivity contribution is 5.79. The summed E-state index contributed by atoms with van der Waals surface area (Å²) in [7, 11) is 0. The molecule has 1 saturated heterocycles. The van der Waals surface area contributed by atoms with Crippen molar-refractivity contribution in [3.63, 3.8) is 0 Å². The van der Waals surface area contributed by atoms with Gasteiger partial charge in [-0.3, -0.25) is 9.59 Å². The molecule has 0 radical (unpaired) electrons. The predicted molar refractivity (Wildman–Crippen MR) is 82.8 cm³/mol. The number of nitrogens with one attached hydrogen (secondary N) is 1. The zero-order chi connectivity index (χ0) is 15.1. The van der Waals surface area contributed by atoms with E-state index >= 15 is 0 Å². The van der Waals surface area contributed by atoms with Crippen LogP contribution in [0.15, 0.2) is 30.3 Å². The Morgan fingerprint density at radius 1 is 1.19 bits per heavy atom. The summed E-state index contributed by atoms with van der Waals surface area (Å²) in [5.74, 6) is 0.320. The van der Waals surface area contributed by atoms with Gasteiger partial charge in [0.2, 0.25) is 11.8 Å². The Labute approximate surface area is 126 Å². The number of nitrogens with zero attached hydrogens (tertiary/aromatic N) is 1. The molecule has 0 aliphatic carbocycles. The lowest BCUT2D eigenvalue weighted by Gasteiger charge is -2.30. The van der Waals surface area contributed by atoms with Crippen LogP contribution < -0.4 is 5.32 Å². The van der Waals surface area contributed by atoms with E-state index in [2.05, 4.69) is 17.4 Å². The van der Waals surface area contributed by atoms with Crippen LogP contribution in [0.1, 0.15) is 31.7 Å². The van der Waals surface area contributed by atoms with Gasteiger partial charge in [0.15, 0.2) is 0 Å². The van der Waals surface area contributed by atoms with E-state index in [1.165, 1.54) is 5.56 Å². The summed E-state index contributed by atoms with van der Waals surface area (Å²) in [5, 5.41) is 3.02. The summed E-state index contributed by atoms with van der Waals surface area (Å²) in [6.45, 7) is 3.72. The predicted octanol–water partition coefficient (Wildman–Crippen LogP) is 1.99. The molecule has 1 fully saturated rings. The molecule has 4 heteroatoms. The Bertz CT molecular complexity index is 465. The molecule has 0 unspecified atom stereocenters. The average molecular weight is 288 g/mol. The summed E-state index contributed by atoms with van der Waals surface area (Å²) in [6, 6.07) is 10.3. The second-order valence-corrected chi connectivity index (χ2v) is 5.66. The molecule has 114 valence electrons. The third-order valence-corrected chi connectivity index (χ3v) is 4.10. The van der Waals surface area contributed by atoms with Crippen LogP contribution in [0.5, 0.6) is 0 Å². The number of amides is 2. The van der Waals surface area contributed by atoms with Gasteiger partial charge in [0.05, 0.1) is 0 Å². The number of benzene rings is 1. The highest BCUT2D eigenvalue weighted by Crippen LogP contribution is 2.17. The van der Waals surface area contributed by atoms with E-state index in [1.807, 2.05) is 23.1 Å². The van der Waals surface area contributed by atoms with Crippen molar-refractivity contribution in [1.82, 2.24) is 10.2 Å². The Kier molecular flexibility index (Phi) is 5.78. The Morgan fingerprint density at radius 2 is 1.86 bits per heavy atom. The molecule has 1 aromatic rings. The van der Waals surface area contributed by atoms with Crippen LogP contribution >= 0.6 is 0 Å². The number of carbonyl (C=O) groups is 2. The normalized spacial score (nSPS) is 15.8. The maximum Gasteiger partial charge on any atom is 0.223 e. The highest BCUT2D eigenvalue weighted by atomic mass is 16.2. The summed E-state index contributed by atoms with van der Waals surface area (Å²) in [4.78, 5) is 25.1. The first-order valence-electron chi connectivity index (χ1n) is 7.74. The zero-order valence-electron chi connectivity index (χ0n) is 12.7. The number of likely N-dealkylation sites (tertiary alicyclic amines) is 1. The lowest BCUT2D eigenvalue weighted by Crippen LogP contribution is -2.42. The van der Waals surface area contributed by atoms with Crippen LogP contribution in [-0.2, 0) is 16.0 Å². The number of rotatable bonds is 5. The molecule has 0 spiro atoms. The monoisotopic (exact) mass is 288 g/mol. The molecule has 2 rings (SSSR count). The van der Waals surface area contributed by atoms with E-state index in [-0.39, 0.29) is 17.7 Å². The van der Waals surface area contributed by atoms with Crippen molar-refractivity contribution in [1.29, 1.82) is 0 Å². The van der Waals surface area contributed by atoms with Crippen molar-refractivity contribution in [2.45, 2.75) is 32.6 Å². The number of hydrogen-bond acceptors (Lipinski definition) is 2. The number of aryl methyl sites for hydroxylation is 1. The molecule has 0 atom stereocenters. The minimum absolute atomic E-state index is 0.0670. The van der Waals surface area contributed by atoms with Crippen molar-refractivity contribution in [3.8, 4) is 0 Å². The summed E-state index contributed by atoms with van der Waals surface area (Å²) < 4.78 is 0. The van der Waals surface area contributed by atoms with Crippen molar-refractivity contribution < 1.29 is 9.59 Å². The van der Waals surface area contributed by atoms with Crippen LogP contribution in [0.3, 0.4) is 0 Å². The van der Waals surface area contributed by atoms with E-state index in [0.717, 1.165) is 32.2 Å². The molecule has 21 heavy (non-hydrogen) atoms. The lowest BCUT2D eigenvalue weighted by atomic mass is 9.96. The molecule has 1 aromatic carbocycles. The van der Waals surface area contributed by atoms with Gasteiger partial charge in [-0.25, -0.2) is 0 Å². The van der Waals surface area contributed by atoms with Crippen molar-refractivity contribution in [2.24, 2.45) is 5.92 Å². The Hall–Kier alpha value is -1.84. The number of carbonyl (C=O) groups excluding carboxylic acids is 2. The second kappa shape index (κ2) is 7.81. The third kappa shape index (κ3) is 4.88.